The number of piperidine rings is 1. The Balaban J connectivity index is 1.27. The fourth-order valence-electron chi connectivity index (χ4n) is 5.11. The lowest BCUT2D eigenvalue weighted by molar-refractivity contribution is -0.140. The van der Waals surface area contributed by atoms with Gasteiger partial charge in [-0.15, -0.1) is 0 Å². The molecule has 8 heteroatoms. The van der Waals surface area contributed by atoms with Crippen molar-refractivity contribution in [3.8, 4) is 5.75 Å². The van der Waals surface area contributed by atoms with Crippen molar-refractivity contribution in [3.63, 3.8) is 0 Å². The van der Waals surface area contributed by atoms with E-state index in [9.17, 15) is 19.1 Å². The zero-order valence-electron chi connectivity index (χ0n) is 20.0. The maximum Gasteiger partial charge on any atom is 0.303 e. The number of para-hydroxylation sites is 1. The van der Waals surface area contributed by atoms with Gasteiger partial charge in [0.25, 0.3) is 5.91 Å². The largest absolute Gasteiger partial charge is 0.484 e. The fraction of sp³-hybridized carbons (Fsp3) is 0.481. The van der Waals surface area contributed by atoms with Crippen LogP contribution in [0.1, 0.15) is 19.3 Å². The fourth-order valence-corrected chi connectivity index (χ4v) is 5.11. The maximum atomic E-state index is 13.2. The minimum absolute atomic E-state index is 0.00826. The van der Waals surface area contributed by atoms with Crippen LogP contribution in [0, 0.1) is 17.7 Å². The molecule has 0 radical (unpaired) electrons. The van der Waals surface area contributed by atoms with Gasteiger partial charge in [0.1, 0.15) is 11.6 Å². The van der Waals surface area contributed by atoms with Crippen LogP contribution in [-0.2, 0) is 9.59 Å². The first-order chi connectivity index (χ1) is 17.0. The smallest absolute Gasteiger partial charge is 0.303 e. The SMILES string of the molecule is O=C(O)CC1CCN(C(=O)COc2ccccc2)CC1CCN1CCN(c2ccc(F)cc2)CC1. The Morgan fingerprint density at radius 3 is 2.34 bits per heavy atom. The predicted octanol–water partition coefficient (Wildman–Crippen LogP) is 3.36. The first kappa shape index (κ1) is 25.0. The molecular formula is C27H34FN3O4. The summed E-state index contributed by atoms with van der Waals surface area (Å²) >= 11 is 0. The predicted molar refractivity (Wildman–Crippen MR) is 132 cm³/mol. The van der Waals surface area contributed by atoms with Gasteiger partial charge in [0, 0.05) is 51.4 Å². The van der Waals surface area contributed by atoms with Gasteiger partial charge in [-0.25, -0.2) is 4.39 Å². The first-order valence-corrected chi connectivity index (χ1v) is 12.4. The van der Waals surface area contributed by atoms with Gasteiger partial charge in [0.05, 0.1) is 0 Å². The number of hydrogen-bond donors (Lipinski definition) is 1. The van der Waals surface area contributed by atoms with Crippen LogP contribution in [-0.4, -0.2) is 79.2 Å². The van der Waals surface area contributed by atoms with Gasteiger partial charge in [0.15, 0.2) is 6.61 Å². The number of benzene rings is 2. The van der Waals surface area contributed by atoms with Crippen molar-refractivity contribution in [3.05, 3.63) is 60.4 Å². The number of carbonyl (C=O) groups is 2. The zero-order chi connectivity index (χ0) is 24.6. The molecule has 188 valence electrons. The molecule has 2 saturated heterocycles. The number of carboxylic acid groups (broad SMARTS) is 1. The first-order valence-electron chi connectivity index (χ1n) is 12.4. The molecule has 1 amide bonds. The molecular weight excluding hydrogens is 449 g/mol. The van der Waals surface area contributed by atoms with Crippen LogP contribution >= 0.6 is 0 Å². The van der Waals surface area contributed by atoms with Gasteiger partial charge >= 0.3 is 5.97 Å². The number of aliphatic carboxylic acids is 1. The van der Waals surface area contributed by atoms with Crippen LogP contribution < -0.4 is 9.64 Å². The number of hydrogen-bond acceptors (Lipinski definition) is 5. The molecule has 2 heterocycles. The van der Waals surface area contributed by atoms with Gasteiger partial charge in [-0.1, -0.05) is 18.2 Å². The number of rotatable bonds is 9. The van der Waals surface area contributed by atoms with E-state index in [1.54, 1.807) is 0 Å². The second kappa shape index (κ2) is 12.0. The van der Waals surface area contributed by atoms with Gasteiger partial charge in [-0.3, -0.25) is 14.5 Å². The molecule has 2 aromatic rings. The lowest BCUT2D eigenvalue weighted by Crippen LogP contribution is -2.49. The van der Waals surface area contributed by atoms with E-state index in [1.165, 1.54) is 12.1 Å². The second-order valence-electron chi connectivity index (χ2n) is 9.44. The molecule has 2 atom stereocenters. The average Bonchev–Trinajstić information content (AvgIpc) is 2.88. The van der Waals surface area contributed by atoms with E-state index >= 15 is 0 Å². The summed E-state index contributed by atoms with van der Waals surface area (Å²) < 4.78 is 18.8. The Bertz CT molecular complexity index is 964. The molecule has 0 aromatic heterocycles. The van der Waals surface area contributed by atoms with E-state index in [4.69, 9.17) is 4.74 Å². The Morgan fingerprint density at radius 1 is 0.943 bits per heavy atom. The van der Waals surface area contributed by atoms with Crippen molar-refractivity contribution < 1.29 is 23.8 Å². The van der Waals surface area contributed by atoms with E-state index in [1.807, 2.05) is 47.4 Å². The van der Waals surface area contributed by atoms with Gasteiger partial charge in [-0.05, 0) is 67.6 Å². The highest BCUT2D eigenvalue weighted by molar-refractivity contribution is 5.78. The van der Waals surface area contributed by atoms with Crippen LogP contribution in [0.5, 0.6) is 5.75 Å². The third kappa shape index (κ3) is 7.18. The van der Waals surface area contributed by atoms with E-state index in [0.29, 0.717) is 25.3 Å². The van der Waals surface area contributed by atoms with Crippen molar-refractivity contribution in [1.82, 2.24) is 9.80 Å². The molecule has 2 aromatic carbocycles. The number of anilines is 1. The summed E-state index contributed by atoms with van der Waals surface area (Å²) in [5.41, 5.74) is 1.03. The summed E-state index contributed by atoms with van der Waals surface area (Å²) in [4.78, 5) is 30.7. The Kier molecular flexibility index (Phi) is 8.58. The standard InChI is InChI=1S/C27H34FN3O4/c28-23-6-8-24(9-7-23)30-16-14-29(15-17-30)12-10-22-19-31(13-11-21(22)18-27(33)34)26(32)20-35-25-4-2-1-3-5-25/h1-9,21-22H,10-20H2,(H,33,34). The molecule has 0 spiro atoms. The normalized spacial score (nSPS) is 21.1. The highest BCUT2D eigenvalue weighted by Crippen LogP contribution is 2.30. The molecule has 2 unspecified atom stereocenters. The molecule has 2 aliphatic heterocycles. The lowest BCUT2D eigenvalue weighted by atomic mass is 9.81. The quantitative estimate of drug-likeness (QED) is 0.590. The Labute approximate surface area is 206 Å². The van der Waals surface area contributed by atoms with E-state index in [0.717, 1.165) is 44.8 Å². The number of piperazine rings is 1. The van der Waals surface area contributed by atoms with Crippen LogP contribution in [0.4, 0.5) is 10.1 Å². The summed E-state index contributed by atoms with van der Waals surface area (Å²) in [7, 11) is 0. The van der Waals surface area contributed by atoms with Crippen LogP contribution in [0.25, 0.3) is 0 Å². The van der Waals surface area contributed by atoms with Crippen LogP contribution in [0.15, 0.2) is 54.6 Å². The monoisotopic (exact) mass is 483 g/mol. The van der Waals surface area contributed by atoms with Gasteiger partial charge in [0.2, 0.25) is 0 Å². The number of likely N-dealkylation sites (tertiary alicyclic amines) is 1. The minimum Gasteiger partial charge on any atom is -0.484 e. The van der Waals surface area contributed by atoms with Gasteiger partial charge < -0.3 is 19.6 Å². The molecule has 2 aliphatic rings. The third-order valence-electron chi connectivity index (χ3n) is 7.17. The summed E-state index contributed by atoms with van der Waals surface area (Å²) in [6.45, 7) is 5.56. The number of nitrogens with zero attached hydrogens (tertiary/aromatic N) is 3. The number of carboxylic acids is 1. The van der Waals surface area contributed by atoms with Crippen molar-refractivity contribution in [2.45, 2.75) is 19.3 Å². The van der Waals surface area contributed by atoms with E-state index in [2.05, 4.69) is 9.80 Å². The summed E-state index contributed by atoms with van der Waals surface area (Å²) in [5, 5.41) is 9.40. The lowest BCUT2D eigenvalue weighted by Gasteiger charge is -2.40. The second-order valence-corrected chi connectivity index (χ2v) is 9.44. The Morgan fingerprint density at radius 2 is 1.66 bits per heavy atom. The number of ether oxygens (including phenoxy) is 1. The van der Waals surface area contributed by atoms with Crippen molar-refractivity contribution >= 4 is 17.6 Å². The highest BCUT2D eigenvalue weighted by atomic mass is 19.1. The van der Waals surface area contributed by atoms with Crippen molar-refractivity contribution in [2.24, 2.45) is 11.8 Å². The third-order valence-corrected chi connectivity index (χ3v) is 7.17. The number of amides is 1. The molecule has 0 bridgehead atoms. The maximum absolute atomic E-state index is 13.2. The molecule has 1 N–H and O–H groups in total. The van der Waals surface area contributed by atoms with Crippen LogP contribution in [0.2, 0.25) is 0 Å². The molecule has 0 aliphatic carbocycles. The topological polar surface area (TPSA) is 73.3 Å². The molecule has 35 heavy (non-hydrogen) atoms. The van der Waals surface area contributed by atoms with E-state index in [-0.39, 0.29) is 36.6 Å². The summed E-state index contributed by atoms with van der Waals surface area (Å²) in [5.74, 6) is -0.170. The molecule has 2 fully saturated rings. The molecule has 0 saturated carbocycles. The molecule has 7 nitrogen and oxygen atoms in total. The molecule has 4 rings (SSSR count). The van der Waals surface area contributed by atoms with Crippen LogP contribution in [0.3, 0.4) is 0 Å². The zero-order valence-corrected chi connectivity index (χ0v) is 20.0. The minimum atomic E-state index is -0.778. The van der Waals surface area contributed by atoms with Crippen molar-refractivity contribution in [2.75, 3.05) is 57.3 Å². The van der Waals surface area contributed by atoms with E-state index < -0.39 is 5.97 Å². The highest BCUT2D eigenvalue weighted by Gasteiger charge is 2.33. The number of carbonyl (C=O) groups excluding carboxylic acids is 1. The van der Waals surface area contributed by atoms with Gasteiger partial charge in [-0.2, -0.15) is 0 Å². The summed E-state index contributed by atoms with van der Waals surface area (Å²) in [6, 6.07) is 15.9. The summed E-state index contributed by atoms with van der Waals surface area (Å²) in [6.07, 6.45) is 1.70. The Hall–Kier alpha value is -3.13. The number of halogens is 1. The van der Waals surface area contributed by atoms with Crippen molar-refractivity contribution in [1.29, 1.82) is 0 Å². The average molecular weight is 484 g/mol.